The lowest BCUT2D eigenvalue weighted by atomic mass is 10.0. The fourth-order valence-electron chi connectivity index (χ4n) is 2.66. The first-order chi connectivity index (χ1) is 10.1. The third-order valence-electron chi connectivity index (χ3n) is 4.21. The van der Waals surface area contributed by atoms with E-state index in [1.807, 2.05) is 18.8 Å². The van der Waals surface area contributed by atoms with Crippen LogP contribution in [0, 0.1) is 19.8 Å². The van der Waals surface area contributed by atoms with Crippen LogP contribution in [0.3, 0.4) is 0 Å². The van der Waals surface area contributed by atoms with E-state index in [9.17, 15) is 0 Å². The molecule has 0 unspecified atom stereocenters. The van der Waals surface area contributed by atoms with Gasteiger partial charge in [-0.15, -0.1) is 0 Å². The molecule has 5 nitrogen and oxygen atoms in total. The van der Waals surface area contributed by atoms with Gasteiger partial charge in [-0.2, -0.15) is 16.9 Å². The molecule has 1 aromatic heterocycles. The monoisotopic (exact) mass is 309 g/mol. The number of hydrogen-bond acceptors (Lipinski definition) is 3. The molecule has 0 saturated carbocycles. The summed E-state index contributed by atoms with van der Waals surface area (Å²) < 4.78 is 1.93. The van der Waals surface area contributed by atoms with Crippen LogP contribution >= 0.6 is 11.8 Å². The molecule has 0 amide bonds. The van der Waals surface area contributed by atoms with Crippen LogP contribution in [-0.2, 0) is 13.6 Å². The molecule has 0 aliphatic carbocycles. The fourth-order valence-corrected chi connectivity index (χ4v) is 3.86. The Balaban J connectivity index is 1.82. The van der Waals surface area contributed by atoms with Gasteiger partial charge in [0.1, 0.15) is 0 Å². The summed E-state index contributed by atoms with van der Waals surface area (Å²) in [6.07, 6.45) is 2.63. The Morgan fingerprint density at radius 3 is 2.62 bits per heavy atom. The molecule has 1 aromatic rings. The first kappa shape index (κ1) is 16.2. The lowest BCUT2D eigenvalue weighted by Crippen LogP contribution is -2.40. The maximum Gasteiger partial charge on any atom is 0.191 e. The number of nitrogens with zero attached hydrogens (tertiary/aromatic N) is 3. The first-order valence-electron chi connectivity index (χ1n) is 7.63. The summed E-state index contributed by atoms with van der Waals surface area (Å²) in [4.78, 5) is 4.32. The van der Waals surface area contributed by atoms with Crippen LogP contribution < -0.4 is 10.6 Å². The smallest absolute Gasteiger partial charge is 0.191 e. The highest BCUT2D eigenvalue weighted by Crippen LogP contribution is 2.21. The van der Waals surface area contributed by atoms with Crippen molar-refractivity contribution in [1.82, 2.24) is 20.4 Å². The van der Waals surface area contributed by atoms with E-state index in [0.717, 1.165) is 30.7 Å². The average molecular weight is 309 g/mol. The zero-order valence-electron chi connectivity index (χ0n) is 13.6. The van der Waals surface area contributed by atoms with Crippen LogP contribution in [0.2, 0.25) is 0 Å². The number of aliphatic imine (C=N–C) groups is 1. The molecule has 1 saturated heterocycles. The lowest BCUT2D eigenvalue weighted by molar-refractivity contribution is 0.479. The molecule has 0 radical (unpaired) electrons. The number of aryl methyl sites for hydroxylation is 2. The Morgan fingerprint density at radius 1 is 1.33 bits per heavy atom. The second-order valence-corrected chi connectivity index (χ2v) is 6.86. The average Bonchev–Trinajstić information content (AvgIpc) is 2.74. The third kappa shape index (κ3) is 4.40. The van der Waals surface area contributed by atoms with Crippen LogP contribution in [0.15, 0.2) is 4.99 Å². The number of guanidine groups is 1. The van der Waals surface area contributed by atoms with Crippen molar-refractivity contribution in [2.75, 3.05) is 25.1 Å². The summed E-state index contributed by atoms with van der Waals surface area (Å²) in [5.41, 5.74) is 3.55. The number of aromatic nitrogens is 2. The maximum absolute atomic E-state index is 4.45. The molecule has 6 heteroatoms. The first-order valence-corrected chi connectivity index (χ1v) is 8.78. The summed E-state index contributed by atoms with van der Waals surface area (Å²) in [7, 11) is 3.81. The summed E-state index contributed by atoms with van der Waals surface area (Å²) in [5, 5.41) is 11.3. The molecule has 2 heterocycles. The van der Waals surface area contributed by atoms with Crippen molar-refractivity contribution in [2.45, 2.75) is 33.2 Å². The Bertz CT molecular complexity index is 488. The van der Waals surface area contributed by atoms with E-state index < -0.39 is 0 Å². The van der Waals surface area contributed by atoms with Crippen LogP contribution in [0.5, 0.6) is 0 Å². The molecule has 1 aliphatic rings. The standard InChI is InChI=1S/C15H27N5S/c1-11-14(12(2)20(4)19-11)10-18-15(16-3)17-9-13-5-7-21-8-6-13/h13H,5-10H2,1-4H3,(H2,16,17,18). The maximum atomic E-state index is 4.45. The molecule has 0 aromatic carbocycles. The van der Waals surface area contributed by atoms with Crippen molar-refractivity contribution < 1.29 is 0 Å². The van der Waals surface area contributed by atoms with E-state index in [0.29, 0.717) is 0 Å². The molecule has 21 heavy (non-hydrogen) atoms. The van der Waals surface area contributed by atoms with Gasteiger partial charge in [-0.05, 0) is 44.1 Å². The van der Waals surface area contributed by atoms with Gasteiger partial charge in [-0.25, -0.2) is 0 Å². The van der Waals surface area contributed by atoms with Gasteiger partial charge in [0.2, 0.25) is 0 Å². The van der Waals surface area contributed by atoms with Gasteiger partial charge in [0.05, 0.1) is 5.69 Å². The topological polar surface area (TPSA) is 54.2 Å². The van der Waals surface area contributed by atoms with Crippen LogP contribution in [-0.4, -0.2) is 40.8 Å². The van der Waals surface area contributed by atoms with Gasteiger partial charge >= 0.3 is 0 Å². The van der Waals surface area contributed by atoms with Gasteiger partial charge in [-0.1, -0.05) is 0 Å². The van der Waals surface area contributed by atoms with E-state index in [1.54, 1.807) is 0 Å². The van der Waals surface area contributed by atoms with Crippen molar-refractivity contribution >= 4 is 17.7 Å². The fraction of sp³-hybridized carbons (Fsp3) is 0.733. The molecule has 0 bridgehead atoms. The number of rotatable bonds is 4. The molecule has 2 N–H and O–H groups in total. The summed E-state index contributed by atoms with van der Waals surface area (Å²) in [5.74, 6) is 4.27. The minimum atomic E-state index is 0.770. The predicted molar refractivity (Wildman–Crippen MR) is 90.9 cm³/mol. The Hall–Kier alpha value is -1.17. The number of nitrogens with one attached hydrogen (secondary N) is 2. The molecule has 0 atom stereocenters. The van der Waals surface area contributed by atoms with Crippen molar-refractivity contribution in [3.8, 4) is 0 Å². The van der Waals surface area contributed by atoms with Gasteiger partial charge < -0.3 is 10.6 Å². The SMILES string of the molecule is CN=C(NCc1c(C)nn(C)c1C)NCC1CCSCC1. The van der Waals surface area contributed by atoms with Crippen LogP contribution in [0.25, 0.3) is 0 Å². The summed E-state index contributed by atoms with van der Waals surface area (Å²) >= 11 is 2.07. The van der Waals surface area contributed by atoms with Gasteiger partial charge in [0, 0.05) is 38.4 Å². The molecular formula is C15H27N5S. The van der Waals surface area contributed by atoms with Gasteiger partial charge in [0.15, 0.2) is 5.96 Å². The molecule has 1 fully saturated rings. The minimum Gasteiger partial charge on any atom is -0.356 e. The van der Waals surface area contributed by atoms with Crippen LogP contribution in [0.4, 0.5) is 0 Å². The van der Waals surface area contributed by atoms with Crippen molar-refractivity contribution in [2.24, 2.45) is 18.0 Å². The normalized spacial score (nSPS) is 17.0. The lowest BCUT2D eigenvalue weighted by Gasteiger charge is -2.22. The minimum absolute atomic E-state index is 0.770. The van der Waals surface area contributed by atoms with Crippen molar-refractivity contribution in [3.05, 3.63) is 17.0 Å². The quantitative estimate of drug-likeness (QED) is 0.658. The highest BCUT2D eigenvalue weighted by Gasteiger charge is 2.14. The number of thioether (sulfide) groups is 1. The van der Waals surface area contributed by atoms with Gasteiger partial charge in [0.25, 0.3) is 0 Å². The van der Waals surface area contributed by atoms with E-state index >= 15 is 0 Å². The predicted octanol–water partition coefficient (Wildman–Crippen LogP) is 1.85. The summed E-state index contributed by atoms with van der Waals surface area (Å²) in [6.45, 7) is 5.95. The highest BCUT2D eigenvalue weighted by atomic mass is 32.2. The summed E-state index contributed by atoms with van der Waals surface area (Å²) in [6, 6.07) is 0. The zero-order chi connectivity index (χ0) is 15.2. The van der Waals surface area contributed by atoms with Crippen molar-refractivity contribution in [1.29, 1.82) is 0 Å². The van der Waals surface area contributed by atoms with E-state index in [2.05, 4.69) is 46.3 Å². The largest absolute Gasteiger partial charge is 0.356 e. The van der Waals surface area contributed by atoms with Crippen molar-refractivity contribution in [3.63, 3.8) is 0 Å². The molecule has 1 aliphatic heterocycles. The van der Waals surface area contributed by atoms with Crippen LogP contribution in [0.1, 0.15) is 29.8 Å². The second kappa shape index (κ2) is 7.73. The number of hydrogen-bond donors (Lipinski definition) is 2. The molecule has 118 valence electrons. The molecule has 2 rings (SSSR count). The third-order valence-corrected chi connectivity index (χ3v) is 5.26. The van der Waals surface area contributed by atoms with Gasteiger partial charge in [-0.3, -0.25) is 9.67 Å². The Morgan fingerprint density at radius 2 is 2.05 bits per heavy atom. The second-order valence-electron chi connectivity index (χ2n) is 5.64. The Labute approximate surface area is 132 Å². The molecular weight excluding hydrogens is 282 g/mol. The zero-order valence-corrected chi connectivity index (χ0v) is 14.4. The van der Waals surface area contributed by atoms with E-state index in [4.69, 9.17) is 0 Å². The highest BCUT2D eigenvalue weighted by molar-refractivity contribution is 7.99. The van der Waals surface area contributed by atoms with E-state index in [1.165, 1.54) is 35.6 Å². The molecule has 0 spiro atoms. The van der Waals surface area contributed by atoms with E-state index in [-0.39, 0.29) is 0 Å². The Kier molecular flexibility index (Phi) is 5.96.